The molecule has 0 amide bonds. The number of rotatable bonds is 2. The second-order valence-electron chi connectivity index (χ2n) is 5.29. The molecule has 3 rings (SSSR count). The number of aliphatic hydroxyl groups excluding tert-OH is 1. The van der Waals surface area contributed by atoms with Crippen molar-refractivity contribution in [2.24, 2.45) is 0 Å². The molecular weight excluding hydrogens is 224 g/mol. The summed E-state index contributed by atoms with van der Waals surface area (Å²) in [5.41, 5.74) is 3.35. The largest absolute Gasteiger partial charge is 0.387 e. The van der Waals surface area contributed by atoms with Gasteiger partial charge in [-0.3, -0.25) is 0 Å². The molecule has 2 unspecified atom stereocenters. The van der Waals surface area contributed by atoms with Crippen LogP contribution in [0, 0.1) is 6.92 Å². The Kier molecular flexibility index (Phi) is 3.10. The zero-order valence-corrected chi connectivity index (χ0v) is 10.7. The van der Waals surface area contributed by atoms with Gasteiger partial charge in [-0.25, -0.2) is 0 Å². The van der Waals surface area contributed by atoms with Gasteiger partial charge in [0.2, 0.25) is 0 Å². The van der Waals surface area contributed by atoms with Gasteiger partial charge in [0.1, 0.15) is 0 Å². The van der Waals surface area contributed by atoms with Crippen molar-refractivity contribution in [3.05, 3.63) is 35.5 Å². The van der Waals surface area contributed by atoms with Crippen molar-refractivity contribution < 1.29 is 5.11 Å². The first-order chi connectivity index (χ1) is 8.75. The summed E-state index contributed by atoms with van der Waals surface area (Å²) in [4.78, 5) is 3.25. The van der Waals surface area contributed by atoms with E-state index in [9.17, 15) is 5.11 Å². The number of fused-ring (bicyclic) bond motifs is 1. The Morgan fingerprint density at radius 1 is 1.33 bits per heavy atom. The summed E-state index contributed by atoms with van der Waals surface area (Å²) in [5.74, 6) is 0. The van der Waals surface area contributed by atoms with E-state index >= 15 is 0 Å². The average molecular weight is 244 g/mol. The van der Waals surface area contributed by atoms with Gasteiger partial charge in [0.25, 0.3) is 0 Å². The first-order valence-electron chi connectivity index (χ1n) is 6.75. The van der Waals surface area contributed by atoms with E-state index in [-0.39, 0.29) is 6.04 Å². The number of aliphatic hydroxyl groups is 1. The van der Waals surface area contributed by atoms with Crippen LogP contribution in [0.25, 0.3) is 10.9 Å². The zero-order chi connectivity index (χ0) is 12.5. The first kappa shape index (κ1) is 11.8. The van der Waals surface area contributed by atoms with Crippen molar-refractivity contribution in [3.63, 3.8) is 0 Å². The van der Waals surface area contributed by atoms with E-state index in [4.69, 9.17) is 0 Å². The first-order valence-corrected chi connectivity index (χ1v) is 6.75. The third kappa shape index (κ3) is 2.04. The molecule has 2 atom stereocenters. The minimum atomic E-state index is -0.416. The van der Waals surface area contributed by atoms with E-state index in [1.807, 2.05) is 6.20 Å². The minimum absolute atomic E-state index is 0.193. The fourth-order valence-electron chi connectivity index (χ4n) is 2.87. The molecule has 0 aliphatic carbocycles. The number of aromatic nitrogens is 1. The Hall–Kier alpha value is -1.32. The Morgan fingerprint density at radius 2 is 2.22 bits per heavy atom. The highest BCUT2D eigenvalue weighted by Crippen LogP contribution is 2.29. The molecule has 18 heavy (non-hydrogen) atoms. The van der Waals surface area contributed by atoms with Crippen LogP contribution in [-0.4, -0.2) is 22.7 Å². The van der Waals surface area contributed by atoms with E-state index < -0.39 is 6.10 Å². The molecule has 1 aromatic carbocycles. The molecule has 0 spiro atoms. The highest BCUT2D eigenvalue weighted by Gasteiger charge is 2.24. The summed E-state index contributed by atoms with van der Waals surface area (Å²) in [6.45, 7) is 3.10. The summed E-state index contributed by atoms with van der Waals surface area (Å²) in [6, 6.07) is 6.51. The maximum absolute atomic E-state index is 10.5. The van der Waals surface area contributed by atoms with Crippen LogP contribution in [0.1, 0.15) is 36.5 Å². The van der Waals surface area contributed by atoms with Crippen molar-refractivity contribution in [1.29, 1.82) is 0 Å². The Labute approximate surface area is 107 Å². The predicted molar refractivity (Wildman–Crippen MR) is 73.6 cm³/mol. The number of aryl methyl sites for hydroxylation is 1. The molecule has 96 valence electrons. The lowest BCUT2D eigenvalue weighted by atomic mass is 9.94. The summed E-state index contributed by atoms with van der Waals surface area (Å²) in [6.07, 6.45) is 5.01. The van der Waals surface area contributed by atoms with Gasteiger partial charge in [-0.1, -0.05) is 18.1 Å². The van der Waals surface area contributed by atoms with Crippen LogP contribution in [-0.2, 0) is 0 Å². The SMILES string of the molecule is Cc1ccc2[nH]cc(C(O)C3CCCCN3)c2c1. The fraction of sp³-hybridized carbons (Fsp3) is 0.467. The lowest BCUT2D eigenvalue weighted by Crippen LogP contribution is -2.38. The van der Waals surface area contributed by atoms with Gasteiger partial charge in [-0.05, 0) is 38.4 Å². The molecule has 2 heterocycles. The maximum Gasteiger partial charge on any atom is 0.0963 e. The van der Waals surface area contributed by atoms with Crippen LogP contribution in [0.15, 0.2) is 24.4 Å². The summed E-state index contributed by atoms with van der Waals surface area (Å²) in [7, 11) is 0. The molecule has 1 aliphatic heterocycles. The number of benzene rings is 1. The molecule has 3 N–H and O–H groups in total. The van der Waals surface area contributed by atoms with Crippen molar-refractivity contribution in [1.82, 2.24) is 10.3 Å². The molecule has 0 bridgehead atoms. The topological polar surface area (TPSA) is 48.0 Å². The number of piperidine rings is 1. The summed E-state index contributed by atoms with van der Waals surface area (Å²) in [5, 5.41) is 15.1. The van der Waals surface area contributed by atoms with Gasteiger partial charge in [0.05, 0.1) is 6.10 Å². The van der Waals surface area contributed by atoms with Crippen molar-refractivity contribution in [2.45, 2.75) is 38.3 Å². The Morgan fingerprint density at radius 3 is 3.00 bits per heavy atom. The second-order valence-corrected chi connectivity index (χ2v) is 5.29. The van der Waals surface area contributed by atoms with Crippen molar-refractivity contribution in [2.75, 3.05) is 6.54 Å². The van der Waals surface area contributed by atoms with E-state index in [0.29, 0.717) is 0 Å². The molecule has 1 fully saturated rings. The molecule has 2 aromatic rings. The Bertz CT molecular complexity index is 540. The molecule has 0 radical (unpaired) electrons. The molecular formula is C15H20N2O. The van der Waals surface area contributed by atoms with Gasteiger partial charge in [-0.2, -0.15) is 0 Å². The zero-order valence-electron chi connectivity index (χ0n) is 10.7. The predicted octanol–water partition coefficient (Wildman–Crippen LogP) is 2.65. The lowest BCUT2D eigenvalue weighted by molar-refractivity contribution is 0.115. The van der Waals surface area contributed by atoms with Gasteiger partial charge in [0.15, 0.2) is 0 Å². The van der Waals surface area contributed by atoms with Crippen LogP contribution < -0.4 is 5.32 Å². The van der Waals surface area contributed by atoms with Crippen molar-refractivity contribution >= 4 is 10.9 Å². The normalized spacial score (nSPS) is 22.2. The van der Waals surface area contributed by atoms with Crippen LogP contribution in [0.2, 0.25) is 0 Å². The smallest absolute Gasteiger partial charge is 0.0963 e. The Balaban J connectivity index is 1.95. The fourth-order valence-corrected chi connectivity index (χ4v) is 2.87. The number of aromatic amines is 1. The number of nitrogens with one attached hydrogen (secondary N) is 2. The summed E-state index contributed by atoms with van der Waals surface area (Å²) >= 11 is 0. The van der Waals surface area contributed by atoms with Gasteiger partial charge in [0, 0.05) is 28.7 Å². The second kappa shape index (κ2) is 4.75. The van der Waals surface area contributed by atoms with Gasteiger partial charge < -0.3 is 15.4 Å². The van der Waals surface area contributed by atoms with E-state index in [1.165, 1.54) is 18.4 Å². The van der Waals surface area contributed by atoms with Crippen LogP contribution in [0.5, 0.6) is 0 Å². The van der Waals surface area contributed by atoms with Gasteiger partial charge >= 0.3 is 0 Å². The average Bonchev–Trinajstić information content (AvgIpc) is 2.82. The number of H-pyrrole nitrogens is 1. The van der Waals surface area contributed by atoms with E-state index in [2.05, 4.69) is 35.4 Å². The van der Waals surface area contributed by atoms with Crippen LogP contribution in [0.4, 0.5) is 0 Å². The van der Waals surface area contributed by atoms with Crippen LogP contribution in [0.3, 0.4) is 0 Å². The van der Waals surface area contributed by atoms with Crippen molar-refractivity contribution in [3.8, 4) is 0 Å². The third-order valence-electron chi connectivity index (χ3n) is 3.92. The number of hydrogen-bond acceptors (Lipinski definition) is 2. The standard InChI is InChI=1S/C15H20N2O/c1-10-5-6-13-11(8-10)12(9-17-13)15(18)14-4-2-3-7-16-14/h5-6,8-9,14-18H,2-4,7H2,1H3. The molecule has 1 aromatic heterocycles. The monoisotopic (exact) mass is 244 g/mol. The quantitative estimate of drug-likeness (QED) is 0.760. The van der Waals surface area contributed by atoms with E-state index in [1.54, 1.807) is 0 Å². The molecule has 3 nitrogen and oxygen atoms in total. The number of hydrogen-bond donors (Lipinski definition) is 3. The highest BCUT2D eigenvalue weighted by atomic mass is 16.3. The molecule has 3 heteroatoms. The molecule has 0 saturated carbocycles. The molecule has 1 aliphatic rings. The lowest BCUT2D eigenvalue weighted by Gasteiger charge is -2.27. The van der Waals surface area contributed by atoms with E-state index in [0.717, 1.165) is 29.4 Å². The summed E-state index contributed by atoms with van der Waals surface area (Å²) < 4.78 is 0. The third-order valence-corrected chi connectivity index (χ3v) is 3.92. The minimum Gasteiger partial charge on any atom is -0.387 e. The maximum atomic E-state index is 10.5. The van der Waals surface area contributed by atoms with Gasteiger partial charge in [-0.15, -0.1) is 0 Å². The van der Waals surface area contributed by atoms with Crippen LogP contribution >= 0.6 is 0 Å². The molecule has 1 saturated heterocycles. The highest BCUT2D eigenvalue weighted by molar-refractivity contribution is 5.84.